The second-order valence-corrected chi connectivity index (χ2v) is 6.89. The van der Waals surface area contributed by atoms with Crippen molar-refractivity contribution in [3.63, 3.8) is 0 Å². The number of allylic oxidation sites excluding steroid dienone is 4. The van der Waals surface area contributed by atoms with Crippen LogP contribution in [0.15, 0.2) is 91.2 Å². The van der Waals surface area contributed by atoms with Gasteiger partial charge in [-0.05, 0) is 41.8 Å². The van der Waals surface area contributed by atoms with Gasteiger partial charge in [-0.1, -0.05) is 75.0 Å². The first-order chi connectivity index (χ1) is 12.3. The number of benzene rings is 2. The molecule has 26 heavy (non-hydrogen) atoms. The first-order valence-electron chi connectivity index (χ1n) is 8.79. The van der Waals surface area contributed by atoms with Gasteiger partial charge in [0.2, 0.25) is 5.91 Å². The maximum Gasteiger partial charge on any atom is 0.227 e. The molecule has 2 aromatic rings. The van der Waals surface area contributed by atoms with Crippen molar-refractivity contribution in [2.45, 2.75) is 33.1 Å². The SMILES string of the molecule is C=C(/C=C/C=C/N(C(C)=O)c1ccccc1)C(C)(C)c1ccccc1C. The van der Waals surface area contributed by atoms with Crippen LogP contribution < -0.4 is 4.90 Å². The number of para-hydroxylation sites is 1. The molecule has 0 saturated heterocycles. The minimum atomic E-state index is -0.157. The van der Waals surface area contributed by atoms with Crippen molar-refractivity contribution in [3.05, 3.63) is 102 Å². The van der Waals surface area contributed by atoms with Crippen LogP contribution >= 0.6 is 0 Å². The Morgan fingerprint density at radius 3 is 2.23 bits per heavy atom. The van der Waals surface area contributed by atoms with Gasteiger partial charge in [-0.25, -0.2) is 0 Å². The lowest BCUT2D eigenvalue weighted by molar-refractivity contribution is -0.116. The first-order valence-corrected chi connectivity index (χ1v) is 8.79. The molecule has 0 heterocycles. The van der Waals surface area contributed by atoms with Gasteiger partial charge < -0.3 is 0 Å². The predicted octanol–water partition coefficient (Wildman–Crippen LogP) is 5.95. The molecule has 0 aliphatic carbocycles. The molecule has 0 bridgehead atoms. The van der Waals surface area contributed by atoms with Crippen molar-refractivity contribution in [1.29, 1.82) is 0 Å². The van der Waals surface area contributed by atoms with Crippen LogP contribution in [0.3, 0.4) is 0 Å². The summed E-state index contributed by atoms with van der Waals surface area (Å²) in [4.78, 5) is 13.5. The minimum Gasteiger partial charge on any atom is -0.288 e. The standard InChI is InChI=1S/C24H27NO/c1-19-13-9-10-17-23(19)24(4,5)20(2)14-11-12-18-25(21(3)26)22-15-7-6-8-16-22/h6-18H,2H2,1,3-5H3/b14-11+,18-12+. The summed E-state index contributed by atoms with van der Waals surface area (Å²) in [6.07, 6.45) is 7.59. The third-order valence-electron chi connectivity index (χ3n) is 4.64. The molecule has 0 N–H and O–H groups in total. The van der Waals surface area contributed by atoms with E-state index in [1.807, 2.05) is 48.6 Å². The van der Waals surface area contributed by atoms with Gasteiger partial charge >= 0.3 is 0 Å². The highest BCUT2D eigenvalue weighted by Gasteiger charge is 2.23. The minimum absolute atomic E-state index is 0.0279. The molecule has 0 unspecified atom stereocenters. The Morgan fingerprint density at radius 2 is 1.62 bits per heavy atom. The van der Waals surface area contributed by atoms with Gasteiger partial charge in [-0.3, -0.25) is 9.69 Å². The summed E-state index contributed by atoms with van der Waals surface area (Å²) in [5, 5.41) is 0. The first kappa shape index (κ1) is 19.5. The lowest BCUT2D eigenvalue weighted by Crippen LogP contribution is -2.21. The average molecular weight is 345 g/mol. The molecule has 2 nitrogen and oxygen atoms in total. The van der Waals surface area contributed by atoms with Crippen LogP contribution in [0.2, 0.25) is 0 Å². The fraction of sp³-hybridized carbons (Fsp3) is 0.208. The second kappa shape index (κ2) is 8.48. The van der Waals surface area contributed by atoms with Gasteiger partial charge in [0.05, 0.1) is 0 Å². The molecule has 0 saturated carbocycles. The molecular formula is C24H27NO. The Kier molecular flexibility index (Phi) is 6.35. The zero-order chi connectivity index (χ0) is 19.2. The summed E-state index contributed by atoms with van der Waals surface area (Å²) >= 11 is 0. The molecule has 134 valence electrons. The maximum absolute atomic E-state index is 11.9. The van der Waals surface area contributed by atoms with E-state index >= 15 is 0 Å². The second-order valence-electron chi connectivity index (χ2n) is 6.89. The molecule has 0 spiro atoms. The van der Waals surface area contributed by atoms with Crippen molar-refractivity contribution in [2.75, 3.05) is 4.90 Å². The number of hydrogen-bond acceptors (Lipinski definition) is 1. The fourth-order valence-corrected chi connectivity index (χ4v) is 2.92. The summed E-state index contributed by atoms with van der Waals surface area (Å²) < 4.78 is 0. The lowest BCUT2D eigenvalue weighted by Gasteiger charge is -2.28. The van der Waals surface area contributed by atoms with Crippen LogP contribution in [-0.2, 0) is 10.2 Å². The topological polar surface area (TPSA) is 20.3 Å². The Labute approximate surface area is 157 Å². The number of nitrogens with zero attached hydrogens (tertiary/aromatic N) is 1. The lowest BCUT2D eigenvalue weighted by atomic mass is 9.76. The number of aryl methyl sites for hydroxylation is 1. The van der Waals surface area contributed by atoms with Crippen LogP contribution in [0.25, 0.3) is 0 Å². The maximum atomic E-state index is 11.9. The van der Waals surface area contributed by atoms with E-state index in [0.29, 0.717) is 0 Å². The van der Waals surface area contributed by atoms with E-state index in [4.69, 9.17) is 0 Å². The summed E-state index contributed by atoms with van der Waals surface area (Å²) in [5.41, 5.74) is 4.24. The third kappa shape index (κ3) is 4.60. The number of carbonyl (C=O) groups excluding carboxylic acids is 1. The van der Waals surface area contributed by atoms with Crippen LogP contribution in [0.4, 0.5) is 5.69 Å². The highest BCUT2D eigenvalue weighted by molar-refractivity contribution is 5.93. The third-order valence-corrected chi connectivity index (χ3v) is 4.64. The van der Waals surface area contributed by atoms with Gasteiger partial charge in [0.1, 0.15) is 0 Å². The molecule has 0 radical (unpaired) electrons. The quantitative estimate of drug-likeness (QED) is 0.592. The van der Waals surface area contributed by atoms with Gasteiger partial charge in [0.25, 0.3) is 0 Å². The molecule has 0 atom stereocenters. The van der Waals surface area contributed by atoms with Crippen molar-refractivity contribution in [1.82, 2.24) is 0 Å². The van der Waals surface area contributed by atoms with Crippen LogP contribution in [0.1, 0.15) is 31.9 Å². The number of anilines is 1. The molecule has 2 heteroatoms. The van der Waals surface area contributed by atoms with E-state index in [0.717, 1.165) is 11.3 Å². The monoisotopic (exact) mass is 345 g/mol. The molecule has 2 aromatic carbocycles. The van der Waals surface area contributed by atoms with Crippen LogP contribution in [0.5, 0.6) is 0 Å². The van der Waals surface area contributed by atoms with Gasteiger partial charge in [0, 0.05) is 24.2 Å². The average Bonchev–Trinajstić information content (AvgIpc) is 2.62. The molecule has 0 aliphatic rings. The van der Waals surface area contributed by atoms with E-state index < -0.39 is 0 Å². The van der Waals surface area contributed by atoms with Crippen molar-refractivity contribution in [3.8, 4) is 0 Å². The van der Waals surface area contributed by atoms with Gasteiger partial charge in [-0.15, -0.1) is 0 Å². The van der Waals surface area contributed by atoms with Crippen molar-refractivity contribution < 1.29 is 4.79 Å². The van der Waals surface area contributed by atoms with E-state index in [2.05, 4.69) is 51.6 Å². The largest absolute Gasteiger partial charge is 0.288 e. The Bertz CT molecular complexity index is 828. The highest BCUT2D eigenvalue weighted by Crippen LogP contribution is 2.33. The number of hydrogen-bond donors (Lipinski definition) is 0. The van der Waals surface area contributed by atoms with Crippen LogP contribution in [-0.4, -0.2) is 5.91 Å². The smallest absolute Gasteiger partial charge is 0.227 e. The molecular weight excluding hydrogens is 318 g/mol. The number of amides is 1. The van der Waals surface area contributed by atoms with Crippen LogP contribution in [0, 0.1) is 6.92 Å². The Hall–Kier alpha value is -2.87. The Balaban J connectivity index is 2.13. The number of carbonyl (C=O) groups is 1. The molecule has 0 fully saturated rings. The zero-order valence-electron chi connectivity index (χ0n) is 16.1. The molecule has 2 rings (SSSR count). The van der Waals surface area contributed by atoms with Crippen molar-refractivity contribution in [2.24, 2.45) is 0 Å². The van der Waals surface area contributed by atoms with E-state index in [1.54, 1.807) is 18.0 Å². The van der Waals surface area contributed by atoms with E-state index in [9.17, 15) is 4.79 Å². The fourth-order valence-electron chi connectivity index (χ4n) is 2.92. The van der Waals surface area contributed by atoms with Crippen molar-refractivity contribution >= 4 is 11.6 Å². The summed E-state index contributed by atoms with van der Waals surface area (Å²) in [5.74, 6) is -0.0279. The van der Waals surface area contributed by atoms with Gasteiger partial charge in [0.15, 0.2) is 0 Å². The van der Waals surface area contributed by atoms with E-state index in [-0.39, 0.29) is 11.3 Å². The molecule has 0 aliphatic heterocycles. The zero-order valence-corrected chi connectivity index (χ0v) is 16.1. The summed E-state index contributed by atoms with van der Waals surface area (Å²) in [7, 11) is 0. The predicted molar refractivity (Wildman–Crippen MR) is 111 cm³/mol. The molecule has 1 amide bonds. The Morgan fingerprint density at radius 1 is 1.00 bits per heavy atom. The van der Waals surface area contributed by atoms with Gasteiger partial charge in [-0.2, -0.15) is 0 Å². The summed E-state index contributed by atoms with van der Waals surface area (Å²) in [6, 6.07) is 18.0. The number of rotatable bonds is 6. The normalized spacial score (nSPS) is 11.8. The van der Waals surface area contributed by atoms with E-state index in [1.165, 1.54) is 11.1 Å². The highest BCUT2D eigenvalue weighted by atomic mass is 16.2. The summed E-state index contributed by atoms with van der Waals surface area (Å²) in [6.45, 7) is 12.3. The molecule has 0 aromatic heterocycles.